The monoisotopic (exact) mass is 351 g/mol. The number of carbonyl (C=O) groups excluding carboxylic acids is 2. The highest BCUT2D eigenvalue weighted by Crippen LogP contribution is 2.31. The largest absolute Gasteiger partial charge is 0.467 e. The van der Waals surface area contributed by atoms with Gasteiger partial charge in [0.1, 0.15) is 6.04 Å². The Morgan fingerprint density at radius 3 is 1.88 bits per heavy atom. The van der Waals surface area contributed by atoms with Gasteiger partial charge in [0.15, 0.2) is 0 Å². The van der Waals surface area contributed by atoms with Crippen LogP contribution in [-0.2, 0) is 15.7 Å². The van der Waals surface area contributed by atoms with Crippen molar-refractivity contribution in [2.24, 2.45) is 0 Å². The molecule has 2 aromatic carbocycles. The van der Waals surface area contributed by atoms with Gasteiger partial charge in [-0.15, -0.1) is 0 Å². The molecule has 0 heterocycles. The van der Waals surface area contributed by atoms with Crippen LogP contribution in [0.4, 0.5) is 13.2 Å². The zero-order chi connectivity index (χ0) is 18.6. The Bertz CT molecular complexity index is 753. The minimum Gasteiger partial charge on any atom is -0.467 e. The van der Waals surface area contributed by atoms with Crippen LogP contribution in [0.5, 0.6) is 0 Å². The van der Waals surface area contributed by atoms with Crippen LogP contribution in [0.25, 0.3) is 11.1 Å². The van der Waals surface area contributed by atoms with Gasteiger partial charge in [0.05, 0.1) is 12.7 Å². The van der Waals surface area contributed by atoms with Crippen molar-refractivity contribution in [1.82, 2.24) is 5.32 Å². The Hall–Kier alpha value is -2.83. The molecule has 4 nitrogen and oxygen atoms in total. The Labute approximate surface area is 142 Å². The molecule has 0 fully saturated rings. The highest BCUT2D eigenvalue weighted by Gasteiger charge is 2.29. The number of nitrogens with one attached hydrogen (secondary N) is 1. The standard InChI is InChI=1S/C18H16F3NO3/c1-11(17(24)25-2)22-16(23)14-5-3-12(4-6-14)13-7-9-15(10-8-13)18(19,20)21/h3-11H,1-2H3,(H,22,23)/t11-/m0/s1. The van der Waals surface area contributed by atoms with E-state index in [9.17, 15) is 22.8 Å². The van der Waals surface area contributed by atoms with E-state index in [0.29, 0.717) is 16.7 Å². The van der Waals surface area contributed by atoms with Gasteiger partial charge >= 0.3 is 12.1 Å². The van der Waals surface area contributed by atoms with Gasteiger partial charge in [0.2, 0.25) is 0 Å². The fourth-order valence-electron chi connectivity index (χ4n) is 2.18. The fourth-order valence-corrected chi connectivity index (χ4v) is 2.18. The molecule has 1 N–H and O–H groups in total. The molecular formula is C18H16F3NO3. The van der Waals surface area contributed by atoms with Crippen molar-refractivity contribution >= 4 is 11.9 Å². The molecule has 0 bridgehead atoms. The van der Waals surface area contributed by atoms with Crippen molar-refractivity contribution in [1.29, 1.82) is 0 Å². The highest BCUT2D eigenvalue weighted by atomic mass is 19.4. The average molecular weight is 351 g/mol. The summed E-state index contributed by atoms with van der Waals surface area (Å²) in [6, 6.07) is 10.3. The maximum atomic E-state index is 12.6. The maximum Gasteiger partial charge on any atom is 0.416 e. The zero-order valence-corrected chi connectivity index (χ0v) is 13.6. The predicted molar refractivity (Wildman–Crippen MR) is 85.8 cm³/mol. The van der Waals surface area contributed by atoms with E-state index in [4.69, 9.17) is 0 Å². The van der Waals surface area contributed by atoms with Crippen molar-refractivity contribution in [2.45, 2.75) is 19.1 Å². The third-order valence-corrected chi connectivity index (χ3v) is 3.59. The fraction of sp³-hybridized carbons (Fsp3) is 0.222. The first-order valence-electron chi connectivity index (χ1n) is 7.39. The Balaban J connectivity index is 2.11. The van der Waals surface area contributed by atoms with E-state index in [1.807, 2.05) is 0 Å². The van der Waals surface area contributed by atoms with Crippen LogP contribution in [0.2, 0.25) is 0 Å². The summed E-state index contributed by atoms with van der Waals surface area (Å²) in [5.41, 5.74) is 0.879. The smallest absolute Gasteiger partial charge is 0.416 e. The van der Waals surface area contributed by atoms with Crippen LogP contribution in [0.15, 0.2) is 48.5 Å². The molecule has 1 amide bonds. The number of hydrogen-bond acceptors (Lipinski definition) is 3. The molecular weight excluding hydrogens is 335 g/mol. The number of methoxy groups -OCH3 is 1. The van der Waals surface area contributed by atoms with E-state index < -0.39 is 29.7 Å². The number of ether oxygens (including phenoxy) is 1. The lowest BCUT2D eigenvalue weighted by atomic mass is 10.0. The number of alkyl halides is 3. The number of rotatable bonds is 4. The summed E-state index contributed by atoms with van der Waals surface area (Å²) in [6.07, 6.45) is -4.38. The quantitative estimate of drug-likeness (QED) is 0.856. The Morgan fingerprint density at radius 2 is 1.44 bits per heavy atom. The van der Waals surface area contributed by atoms with Crippen molar-refractivity contribution in [3.8, 4) is 11.1 Å². The number of hydrogen-bond donors (Lipinski definition) is 1. The minimum absolute atomic E-state index is 0.325. The van der Waals surface area contributed by atoms with E-state index >= 15 is 0 Å². The number of carbonyl (C=O) groups is 2. The summed E-state index contributed by atoms with van der Waals surface area (Å²) in [5, 5.41) is 2.49. The van der Waals surface area contributed by atoms with Gasteiger partial charge in [0, 0.05) is 5.56 Å². The number of benzene rings is 2. The van der Waals surface area contributed by atoms with Crippen molar-refractivity contribution in [3.05, 3.63) is 59.7 Å². The number of esters is 1. The van der Waals surface area contributed by atoms with Gasteiger partial charge in [-0.05, 0) is 42.3 Å². The lowest BCUT2D eigenvalue weighted by Crippen LogP contribution is -2.39. The minimum atomic E-state index is -4.38. The Kier molecular flexibility index (Phi) is 5.46. The molecule has 0 aromatic heterocycles. The molecule has 132 valence electrons. The van der Waals surface area contributed by atoms with Crippen molar-refractivity contribution < 1.29 is 27.5 Å². The maximum absolute atomic E-state index is 12.6. The molecule has 25 heavy (non-hydrogen) atoms. The molecule has 0 aliphatic rings. The second kappa shape index (κ2) is 7.38. The third kappa shape index (κ3) is 4.59. The topological polar surface area (TPSA) is 55.4 Å². The van der Waals surface area contributed by atoms with E-state index in [1.54, 1.807) is 12.1 Å². The molecule has 7 heteroatoms. The van der Waals surface area contributed by atoms with E-state index in [1.165, 1.54) is 38.3 Å². The van der Waals surface area contributed by atoms with Gasteiger partial charge in [-0.1, -0.05) is 24.3 Å². The van der Waals surface area contributed by atoms with Gasteiger partial charge in [0.25, 0.3) is 5.91 Å². The van der Waals surface area contributed by atoms with Crippen molar-refractivity contribution in [2.75, 3.05) is 7.11 Å². The normalized spacial score (nSPS) is 12.4. The SMILES string of the molecule is COC(=O)[C@H](C)NC(=O)c1ccc(-c2ccc(C(F)(F)F)cc2)cc1. The highest BCUT2D eigenvalue weighted by molar-refractivity contribution is 5.97. The number of halogens is 3. The van der Waals surface area contributed by atoms with E-state index in [-0.39, 0.29) is 0 Å². The summed E-state index contributed by atoms with van der Waals surface area (Å²) >= 11 is 0. The molecule has 1 atom stereocenters. The lowest BCUT2D eigenvalue weighted by molar-refractivity contribution is -0.142. The van der Waals surface area contributed by atoms with Crippen LogP contribution < -0.4 is 5.32 Å². The summed E-state index contributed by atoms with van der Waals surface area (Å²) in [6.45, 7) is 1.50. The molecule has 0 saturated heterocycles. The molecule has 2 rings (SSSR count). The zero-order valence-electron chi connectivity index (χ0n) is 13.6. The lowest BCUT2D eigenvalue weighted by Gasteiger charge is -2.12. The van der Waals surface area contributed by atoms with Gasteiger partial charge in [-0.3, -0.25) is 4.79 Å². The second-order valence-corrected chi connectivity index (χ2v) is 5.37. The average Bonchev–Trinajstić information content (AvgIpc) is 2.60. The first kappa shape index (κ1) is 18.5. The van der Waals surface area contributed by atoms with Gasteiger partial charge in [-0.2, -0.15) is 13.2 Å². The number of amides is 1. The molecule has 0 radical (unpaired) electrons. The van der Waals surface area contributed by atoms with Gasteiger partial charge < -0.3 is 10.1 Å². The van der Waals surface area contributed by atoms with Crippen molar-refractivity contribution in [3.63, 3.8) is 0 Å². The molecule has 0 spiro atoms. The Morgan fingerprint density at radius 1 is 0.960 bits per heavy atom. The van der Waals surface area contributed by atoms with Gasteiger partial charge in [-0.25, -0.2) is 4.79 Å². The van der Waals surface area contributed by atoms with Crippen LogP contribution in [0.3, 0.4) is 0 Å². The first-order chi connectivity index (χ1) is 11.7. The van der Waals surface area contributed by atoms with Crippen LogP contribution in [0, 0.1) is 0 Å². The molecule has 0 unspecified atom stereocenters. The van der Waals surface area contributed by atoms with E-state index in [2.05, 4.69) is 10.1 Å². The predicted octanol–water partition coefficient (Wildman–Crippen LogP) is 3.66. The summed E-state index contributed by atoms with van der Waals surface area (Å²) < 4.78 is 42.2. The first-order valence-corrected chi connectivity index (χ1v) is 7.39. The van der Waals surface area contributed by atoms with Crippen LogP contribution in [0.1, 0.15) is 22.8 Å². The van der Waals surface area contributed by atoms with Crippen LogP contribution >= 0.6 is 0 Å². The summed E-state index contributed by atoms with van der Waals surface area (Å²) in [5.74, 6) is -1.01. The molecule has 0 aliphatic heterocycles. The second-order valence-electron chi connectivity index (χ2n) is 5.37. The molecule has 0 saturated carbocycles. The third-order valence-electron chi connectivity index (χ3n) is 3.59. The summed E-state index contributed by atoms with van der Waals surface area (Å²) in [7, 11) is 1.23. The van der Waals surface area contributed by atoms with Crippen LogP contribution in [-0.4, -0.2) is 25.0 Å². The van der Waals surface area contributed by atoms with E-state index in [0.717, 1.165) is 12.1 Å². The summed E-state index contributed by atoms with van der Waals surface area (Å²) in [4.78, 5) is 23.3. The molecule has 2 aromatic rings. The molecule has 0 aliphatic carbocycles.